The lowest BCUT2D eigenvalue weighted by Crippen LogP contribution is -2.21. The van der Waals surface area contributed by atoms with Crippen LogP contribution in [0.3, 0.4) is 0 Å². The molecule has 1 heterocycles. The zero-order chi connectivity index (χ0) is 14.7. The van der Waals surface area contributed by atoms with Gasteiger partial charge < -0.3 is 9.73 Å². The molecule has 0 unspecified atom stereocenters. The molecule has 6 heteroatoms. The van der Waals surface area contributed by atoms with Crippen LogP contribution < -0.4 is 5.32 Å². The monoisotopic (exact) mass is 275 g/mol. The first kappa shape index (κ1) is 14.2. The average molecular weight is 275 g/mol. The maximum Gasteiger partial charge on any atom is 0.282 e. The number of oxazole rings is 1. The molecule has 0 bridgehead atoms. The van der Waals surface area contributed by atoms with Gasteiger partial charge >= 0.3 is 0 Å². The van der Waals surface area contributed by atoms with Crippen LogP contribution in [0.25, 0.3) is 11.5 Å². The molecule has 2 aromatic rings. The summed E-state index contributed by atoms with van der Waals surface area (Å²) < 4.78 is 5.40. The Kier molecular flexibility index (Phi) is 4.14. The molecular weight excluding hydrogens is 258 g/mol. The standard InChI is InChI=1S/C14H17N3O3/c1-9(2)15-7-11-8-20-14(16-11)13-10(3)5-4-6-12(13)17(18)19/h4-6,8-9,15H,7H2,1-3H3. The number of aromatic nitrogens is 1. The number of aryl methyl sites for hydroxylation is 1. The van der Waals surface area contributed by atoms with Crippen LogP contribution in [-0.4, -0.2) is 15.9 Å². The van der Waals surface area contributed by atoms with Gasteiger partial charge in [-0.2, -0.15) is 0 Å². The first-order chi connectivity index (χ1) is 9.49. The van der Waals surface area contributed by atoms with Crippen LogP contribution in [0, 0.1) is 17.0 Å². The van der Waals surface area contributed by atoms with E-state index in [-0.39, 0.29) is 11.6 Å². The predicted octanol–water partition coefficient (Wildman–Crippen LogP) is 3.06. The highest BCUT2D eigenvalue weighted by Gasteiger charge is 2.21. The fraction of sp³-hybridized carbons (Fsp3) is 0.357. The molecule has 1 aromatic carbocycles. The van der Waals surface area contributed by atoms with Gasteiger partial charge in [-0.3, -0.25) is 10.1 Å². The Morgan fingerprint density at radius 2 is 2.20 bits per heavy atom. The van der Waals surface area contributed by atoms with E-state index in [1.165, 1.54) is 12.3 Å². The number of nitrogens with one attached hydrogen (secondary N) is 1. The minimum absolute atomic E-state index is 0.00946. The molecule has 1 aromatic heterocycles. The molecule has 2 rings (SSSR count). The molecule has 0 radical (unpaired) electrons. The van der Waals surface area contributed by atoms with Gasteiger partial charge in [0.05, 0.1) is 10.6 Å². The summed E-state index contributed by atoms with van der Waals surface area (Å²) in [4.78, 5) is 15.0. The summed E-state index contributed by atoms with van der Waals surface area (Å²) in [7, 11) is 0. The Morgan fingerprint density at radius 3 is 2.85 bits per heavy atom. The van der Waals surface area contributed by atoms with Crippen LogP contribution >= 0.6 is 0 Å². The van der Waals surface area contributed by atoms with Gasteiger partial charge in [0.1, 0.15) is 11.8 Å². The fourth-order valence-electron chi connectivity index (χ4n) is 1.89. The van der Waals surface area contributed by atoms with Crippen molar-refractivity contribution in [1.82, 2.24) is 10.3 Å². The van der Waals surface area contributed by atoms with Crippen molar-refractivity contribution in [3.05, 3.63) is 45.8 Å². The van der Waals surface area contributed by atoms with E-state index >= 15 is 0 Å². The topological polar surface area (TPSA) is 81.2 Å². The summed E-state index contributed by atoms with van der Waals surface area (Å²) in [5.41, 5.74) is 1.94. The average Bonchev–Trinajstić information content (AvgIpc) is 2.84. The summed E-state index contributed by atoms with van der Waals surface area (Å²) in [5.74, 6) is 0.287. The largest absolute Gasteiger partial charge is 0.444 e. The number of nitrogens with zero attached hydrogens (tertiary/aromatic N) is 2. The van der Waals surface area contributed by atoms with Gasteiger partial charge in [0.15, 0.2) is 0 Å². The van der Waals surface area contributed by atoms with Crippen molar-refractivity contribution < 1.29 is 9.34 Å². The van der Waals surface area contributed by atoms with E-state index in [0.29, 0.717) is 18.2 Å². The molecule has 0 aliphatic carbocycles. The lowest BCUT2D eigenvalue weighted by Gasteiger charge is -2.04. The molecule has 106 valence electrons. The molecule has 0 saturated carbocycles. The van der Waals surface area contributed by atoms with E-state index < -0.39 is 4.92 Å². The molecule has 20 heavy (non-hydrogen) atoms. The Morgan fingerprint density at radius 1 is 1.45 bits per heavy atom. The number of hydrogen-bond acceptors (Lipinski definition) is 5. The fourth-order valence-corrected chi connectivity index (χ4v) is 1.89. The third-order valence-electron chi connectivity index (χ3n) is 2.90. The van der Waals surface area contributed by atoms with Crippen molar-refractivity contribution >= 4 is 5.69 Å². The van der Waals surface area contributed by atoms with E-state index in [1.807, 2.05) is 13.8 Å². The number of nitro benzene ring substituents is 1. The van der Waals surface area contributed by atoms with Gasteiger partial charge in [0.25, 0.3) is 5.69 Å². The molecule has 0 aliphatic rings. The Labute approximate surface area is 117 Å². The van der Waals surface area contributed by atoms with Gasteiger partial charge in [-0.05, 0) is 12.5 Å². The van der Waals surface area contributed by atoms with Gasteiger partial charge in [-0.15, -0.1) is 0 Å². The van der Waals surface area contributed by atoms with Gasteiger partial charge in [-0.1, -0.05) is 26.0 Å². The molecule has 0 amide bonds. The second kappa shape index (κ2) is 5.83. The van der Waals surface area contributed by atoms with Crippen LogP contribution in [0.15, 0.2) is 28.9 Å². The van der Waals surface area contributed by atoms with Crippen LogP contribution in [0.1, 0.15) is 25.1 Å². The smallest absolute Gasteiger partial charge is 0.282 e. The number of rotatable bonds is 5. The zero-order valence-corrected chi connectivity index (χ0v) is 11.7. The van der Waals surface area contributed by atoms with Crippen LogP contribution in [-0.2, 0) is 6.54 Å². The molecule has 6 nitrogen and oxygen atoms in total. The quantitative estimate of drug-likeness (QED) is 0.670. The summed E-state index contributed by atoms with van der Waals surface area (Å²) in [6.45, 7) is 6.44. The first-order valence-electron chi connectivity index (χ1n) is 6.41. The van der Waals surface area contributed by atoms with E-state index in [1.54, 1.807) is 19.1 Å². The van der Waals surface area contributed by atoms with E-state index in [9.17, 15) is 10.1 Å². The van der Waals surface area contributed by atoms with Crippen molar-refractivity contribution in [3.8, 4) is 11.5 Å². The minimum Gasteiger partial charge on any atom is -0.444 e. The third-order valence-corrected chi connectivity index (χ3v) is 2.90. The maximum atomic E-state index is 11.1. The molecule has 0 fully saturated rings. The molecule has 0 saturated heterocycles. The Balaban J connectivity index is 2.35. The third kappa shape index (κ3) is 3.03. The minimum atomic E-state index is -0.418. The number of benzene rings is 1. The van der Waals surface area contributed by atoms with Crippen LogP contribution in [0.2, 0.25) is 0 Å². The SMILES string of the molecule is Cc1cccc([N+](=O)[O-])c1-c1nc(CNC(C)C)co1. The maximum absolute atomic E-state index is 11.1. The highest BCUT2D eigenvalue weighted by atomic mass is 16.6. The summed E-state index contributed by atoms with van der Waals surface area (Å²) in [6.07, 6.45) is 1.53. The molecule has 1 N–H and O–H groups in total. The summed E-state index contributed by atoms with van der Waals surface area (Å²) in [5, 5.41) is 14.3. The predicted molar refractivity (Wildman–Crippen MR) is 75.3 cm³/mol. The van der Waals surface area contributed by atoms with Gasteiger partial charge in [0, 0.05) is 18.7 Å². The Hall–Kier alpha value is -2.21. The molecular formula is C14H17N3O3. The lowest BCUT2D eigenvalue weighted by molar-refractivity contribution is -0.384. The molecule has 0 aliphatic heterocycles. The summed E-state index contributed by atoms with van der Waals surface area (Å²) in [6, 6.07) is 5.25. The van der Waals surface area contributed by atoms with Gasteiger partial charge in [0.2, 0.25) is 5.89 Å². The zero-order valence-electron chi connectivity index (χ0n) is 11.7. The molecule has 0 atom stereocenters. The van der Waals surface area contributed by atoms with E-state index in [4.69, 9.17) is 4.42 Å². The highest BCUT2D eigenvalue weighted by Crippen LogP contribution is 2.32. The van der Waals surface area contributed by atoms with Crippen LogP contribution in [0.5, 0.6) is 0 Å². The van der Waals surface area contributed by atoms with Crippen molar-refractivity contribution in [2.45, 2.75) is 33.4 Å². The van der Waals surface area contributed by atoms with E-state index in [2.05, 4.69) is 10.3 Å². The Bertz CT molecular complexity index is 620. The second-order valence-electron chi connectivity index (χ2n) is 4.91. The van der Waals surface area contributed by atoms with Crippen molar-refractivity contribution in [2.24, 2.45) is 0 Å². The lowest BCUT2D eigenvalue weighted by atomic mass is 10.1. The normalized spacial score (nSPS) is 11.0. The van der Waals surface area contributed by atoms with Crippen molar-refractivity contribution in [1.29, 1.82) is 0 Å². The number of nitro groups is 1. The van der Waals surface area contributed by atoms with Crippen molar-refractivity contribution in [2.75, 3.05) is 0 Å². The van der Waals surface area contributed by atoms with Crippen molar-refractivity contribution in [3.63, 3.8) is 0 Å². The van der Waals surface area contributed by atoms with E-state index in [0.717, 1.165) is 11.3 Å². The number of hydrogen-bond donors (Lipinski definition) is 1. The highest BCUT2D eigenvalue weighted by molar-refractivity contribution is 5.70. The first-order valence-corrected chi connectivity index (χ1v) is 6.41. The molecule has 0 spiro atoms. The second-order valence-corrected chi connectivity index (χ2v) is 4.91. The van der Waals surface area contributed by atoms with Crippen LogP contribution in [0.4, 0.5) is 5.69 Å². The van der Waals surface area contributed by atoms with Gasteiger partial charge in [-0.25, -0.2) is 4.98 Å². The summed E-state index contributed by atoms with van der Waals surface area (Å²) >= 11 is 0.